The number of halogens is 1. The van der Waals surface area contributed by atoms with Gasteiger partial charge in [-0.05, 0) is 24.6 Å². The van der Waals surface area contributed by atoms with Crippen molar-refractivity contribution < 1.29 is 14.3 Å². The molecular formula is C14H19ClN2O3. The van der Waals surface area contributed by atoms with Gasteiger partial charge in [0, 0.05) is 12.2 Å². The van der Waals surface area contributed by atoms with Gasteiger partial charge in [0.1, 0.15) is 0 Å². The molecular weight excluding hydrogens is 280 g/mol. The molecule has 1 aromatic rings. The number of anilines is 1. The van der Waals surface area contributed by atoms with E-state index in [2.05, 4.69) is 10.1 Å². The summed E-state index contributed by atoms with van der Waals surface area (Å²) < 4.78 is 4.63. The standard InChI is InChI=1S/C14H19ClN2O3/c1-3-4-9(8-16)13(18)17-10-5-6-12(15)11(7-10)14(19)20-2/h5-7,9H,3-4,8,16H2,1-2H3,(H,17,18). The smallest absolute Gasteiger partial charge is 0.339 e. The molecule has 1 unspecified atom stereocenters. The van der Waals surface area contributed by atoms with Crippen molar-refractivity contribution in [2.45, 2.75) is 19.8 Å². The highest BCUT2D eigenvalue weighted by molar-refractivity contribution is 6.33. The van der Waals surface area contributed by atoms with Crippen molar-refractivity contribution >= 4 is 29.2 Å². The highest BCUT2D eigenvalue weighted by atomic mass is 35.5. The minimum Gasteiger partial charge on any atom is -0.465 e. The molecule has 110 valence electrons. The Hall–Kier alpha value is -1.59. The van der Waals surface area contributed by atoms with Crippen LogP contribution in [-0.2, 0) is 9.53 Å². The number of carbonyl (C=O) groups is 2. The van der Waals surface area contributed by atoms with Crippen LogP contribution >= 0.6 is 11.6 Å². The van der Waals surface area contributed by atoms with E-state index in [1.165, 1.54) is 13.2 Å². The van der Waals surface area contributed by atoms with E-state index in [4.69, 9.17) is 17.3 Å². The normalized spacial score (nSPS) is 11.8. The highest BCUT2D eigenvalue weighted by Gasteiger charge is 2.17. The van der Waals surface area contributed by atoms with Gasteiger partial charge in [0.25, 0.3) is 0 Å². The minimum atomic E-state index is -0.546. The summed E-state index contributed by atoms with van der Waals surface area (Å²) in [6.45, 7) is 2.28. The summed E-state index contributed by atoms with van der Waals surface area (Å²) in [5.74, 6) is -0.945. The van der Waals surface area contributed by atoms with Gasteiger partial charge in [0.2, 0.25) is 5.91 Å². The van der Waals surface area contributed by atoms with Crippen LogP contribution in [0.4, 0.5) is 5.69 Å². The van der Waals surface area contributed by atoms with E-state index in [0.29, 0.717) is 5.69 Å². The number of methoxy groups -OCH3 is 1. The first-order valence-corrected chi connectivity index (χ1v) is 6.80. The van der Waals surface area contributed by atoms with Crippen LogP contribution in [0, 0.1) is 5.92 Å². The predicted octanol–water partition coefficient (Wildman–Crippen LogP) is 2.44. The molecule has 1 amide bonds. The summed E-state index contributed by atoms with van der Waals surface area (Å²) in [7, 11) is 1.27. The number of ether oxygens (including phenoxy) is 1. The number of rotatable bonds is 6. The summed E-state index contributed by atoms with van der Waals surface area (Å²) in [6.07, 6.45) is 1.60. The van der Waals surface area contributed by atoms with Gasteiger partial charge in [0.15, 0.2) is 0 Å². The number of carbonyl (C=O) groups excluding carboxylic acids is 2. The van der Waals surface area contributed by atoms with Crippen LogP contribution < -0.4 is 11.1 Å². The van der Waals surface area contributed by atoms with Crippen molar-refractivity contribution in [3.05, 3.63) is 28.8 Å². The maximum atomic E-state index is 12.0. The van der Waals surface area contributed by atoms with E-state index in [9.17, 15) is 9.59 Å². The van der Waals surface area contributed by atoms with Gasteiger partial charge in [-0.25, -0.2) is 4.79 Å². The van der Waals surface area contributed by atoms with E-state index in [1.807, 2.05) is 6.92 Å². The average molecular weight is 299 g/mol. The first-order chi connectivity index (χ1) is 9.53. The lowest BCUT2D eigenvalue weighted by atomic mass is 10.0. The van der Waals surface area contributed by atoms with Gasteiger partial charge in [-0.3, -0.25) is 4.79 Å². The molecule has 20 heavy (non-hydrogen) atoms. The lowest BCUT2D eigenvalue weighted by molar-refractivity contribution is -0.119. The zero-order chi connectivity index (χ0) is 15.1. The van der Waals surface area contributed by atoms with Gasteiger partial charge >= 0.3 is 5.97 Å². The molecule has 0 saturated carbocycles. The SMILES string of the molecule is CCCC(CN)C(=O)Nc1ccc(Cl)c(C(=O)OC)c1. The number of benzene rings is 1. The lowest BCUT2D eigenvalue weighted by Gasteiger charge is -2.14. The predicted molar refractivity (Wildman–Crippen MR) is 78.9 cm³/mol. The van der Waals surface area contributed by atoms with E-state index < -0.39 is 5.97 Å². The molecule has 0 saturated heterocycles. The van der Waals surface area contributed by atoms with Crippen LogP contribution in [0.2, 0.25) is 5.02 Å². The minimum absolute atomic E-state index is 0.160. The third kappa shape index (κ3) is 4.21. The van der Waals surface area contributed by atoms with Gasteiger partial charge in [-0.15, -0.1) is 0 Å². The Morgan fingerprint density at radius 2 is 2.15 bits per heavy atom. The molecule has 0 heterocycles. The lowest BCUT2D eigenvalue weighted by Crippen LogP contribution is -2.29. The van der Waals surface area contributed by atoms with Crippen LogP contribution in [0.15, 0.2) is 18.2 Å². The number of hydrogen-bond donors (Lipinski definition) is 2. The first-order valence-electron chi connectivity index (χ1n) is 6.42. The van der Waals surface area contributed by atoms with Gasteiger partial charge in [-0.1, -0.05) is 24.9 Å². The van der Waals surface area contributed by atoms with Crippen molar-refractivity contribution in [2.75, 3.05) is 19.0 Å². The number of amides is 1. The first kappa shape index (κ1) is 16.5. The molecule has 1 aromatic carbocycles. The molecule has 0 spiro atoms. The Labute approximate surface area is 123 Å². The summed E-state index contributed by atoms with van der Waals surface area (Å²) in [5, 5.41) is 3.02. The summed E-state index contributed by atoms with van der Waals surface area (Å²) in [5.41, 5.74) is 6.29. The molecule has 1 atom stereocenters. The molecule has 6 heteroatoms. The third-order valence-electron chi connectivity index (χ3n) is 2.93. The van der Waals surface area contributed by atoms with Crippen LogP contribution in [-0.4, -0.2) is 25.5 Å². The number of nitrogens with one attached hydrogen (secondary N) is 1. The number of nitrogens with two attached hydrogens (primary N) is 1. The van der Waals surface area contributed by atoms with Crippen molar-refractivity contribution in [3.8, 4) is 0 Å². The zero-order valence-corrected chi connectivity index (χ0v) is 12.4. The van der Waals surface area contributed by atoms with Crippen LogP contribution in [0.3, 0.4) is 0 Å². The van der Waals surface area contributed by atoms with Gasteiger partial charge in [0.05, 0.1) is 23.6 Å². The quantitative estimate of drug-likeness (QED) is 0.790. The second kappa shape index (κ2) is 7.87. The summed E-state index contributed by atoms with van der Waals surface area (Å²) >= 11 is 5.91. The van der Waals surface area contributed by atoms with Crippen molar-refractivity contribution in [3.63, 3.8) is 0 Å². The Kier molecular flexibility index (Phi) is 6.48. The largest absolute Gasteiger partial charge is 0.465 e. The average Bonchev–Trinajstić information content (AvgIpc) is 2.45. The maximum Gasteiger partial charge on any atom is 0.339 e. The summed E-state index contributed by atoms with van der Waals surface area (Å²) in [6, 6.07) is 4.67. The fraction of sp³-hybridized carbons (Fsp3) is 0.429. The Bertz CT molecular complexity index is 491. The molecule has 0 aliphatic heterocycles. The van der Waals surface area contributed by atoms with Gasteiger partial charge in [-0.2, -0.15) is 0 Å². The van der Waals surface area contributed by atoms with Crippen molar-refractivity contribution in [1.82, 2.24) is 0 Å². The number of hydrogen-bond acceptors (Lipinski definition) is 4. The summed E-state index contributed by atoms with van der Waals surface area (Å²) in [4.78, 5) is 23.6. The zero-order valence-electron chi connectivity index (χ0n) is 11.6. The molecule has 0 aliphatic carbocycles. The fourth-order valence-corrected chi connectivity index (χ4v) is 2.01. The van der Waals surface area contributed by atoms with Crippen LogP contribution in [0.5, 0.6) is 0 Å². The van der Waals surface area contributed by atoms with E-state index >= 15 is 0 Å². The molecule has 0 radical (unpaired) electrons. The second-order valence-corrected chi connectivity index (χ2v) is 4.80. The monoisotopic (exact) mass is 298 g/mol. The Balaban J connectivity index is 2.87. The topological polar surface area (TPSA) is 81.4 Å². The van der Waals surface area contributed by atoms with Gasteiger partial charge < -0.3 is 15.8 Å². The van der Waals surface area contributed by atoms with E-state index in [1.54, 1.807) is 12.1 Å². The maximum absolute atomic E-state index is 12.0. The third-order valence-corrected chi connectivity index (χ3v) is 3.26. The van der Waals surface area contributed by atoms with Crippen LogP contribution in [0.1, 0.15) is 30.1 Å². The highest BCUT2D eigenvalue weighted by Crippen LogP contribution is 2.22. The molecule has 1 rings (SSSR count). The molecule has 0 bridgehead atoms. The molecule has 0 aliphatic rings. The molecule has 0 aromatic heterocycles. The molecule has 0 fully saturated rings. The Morgan fingerprint density at radius 3 is 2.70 bits per heavy atom. The second-order valence-electron chi connectivity index (χ2n) is 4.40. The van der Waals surface area contributed by atoms with Crippen LogP contribution in [0.25, 0.3) is 0 Å². The number of esters is 1. The molecule has 5 nitrogen and oxygen atoms in total. The van der Waals surface area contributed by atoms with Crippen molar-refractivity contribution in [1.29, 1.82) is 0 Å². The van der Waals surface area contributed by atoms with E-state index in [-0.39, 0.29) is 29.0 Å². The Morgan fingerprint density at radius 1 is 1.45 bits per heavy atom. The van der Waals surface area contributed by atoms with Crippen molar-refractivity contribution in [2.24, 2.45) is 11.7 Å². The fourth-order valence-electron chi connectivity index (χ4n) is 1.82. The van der Waals surface area contributed by atoms with E-state index in [0.717, 1.165) is 12.8 Å². The molecule has 3 N–H and O–H groups in total.